The van der Waals surface area contributed by atoms with Crippen LogP contribution in [0.4, 0.5) is 4.79 Å². The van der Waals surface area contributed by atoms with Crippen molar-refractivity contribution in [3.8, 4) is 0 Å². The van der Waals surface area contributed by atoms with Crippen LogP contribution in [0.25, 0.3) is 0 Å². The molecule has 6 heteroatoms. The molecule has 2 fully saturated rings. The maximum Gasteiger partial charge on any atom is 0.416 e. The molecule has 2 rings (SSSR count). The van der Waals surface area contributed by atoms with Gasteiger partial charge >= 0.3 is 12.1 Å². The normalized spacial score (nSPS) is 27.1. The smallest absolute Gasteiger partial charge is 0.416 e. The van der Waals surface area contributed by atoms with E-state index in [-0.39, 0.29) is 25.0 Å². The van der Waals surface area contributed by atoms with Crippen LogP contribution in [0, 0.1) is 17.8 Å². The summed E-state index contributed by atoms with van der Waals surface area (Å²) in [6.45, 7) is 4.13. The van der Waals surface area contributed by atoms with Crippen LogP contribution in [0.3, 0.4) is 0 Å². The molecule has 0 aromatic heterocycles. The largest absolute Gasteiger partial charge is 0.468 e. The molecule has 3 atom stereocenters. The Bertz CT molecular complexity index is 433. The van der Waals surface area contributed by atoms with Crippen molar-refractivity contribution in [1.29, 1.82) is 0 Å². The SMILES string of the molecule is C=C[C@@H]1CCC[C@H]1C(C(=O)OC)C(=O)N1CCOC1=O. The van der Waals surface area contributed by atoms with E-state index in [1.165, 1.54) is 7.11 Å². The standard InChI is InChI=1S/C14H19NO5/c1-3-9-5-4-6-10(9)11(13(17)19-2)12(16)15-7-8-20-14(15)18/h3,9-11H,1,4-8H2,2H3/t9-,10-,11?/m1/s1. The Morgan fingerprint density at radius 3 is 2.80 bits per heavy atom. The van der Waals surface area contributed by atoms with Crippen molar-refractivity contribution in [2.75, 3.05) is 20.3 Å². The van der Waals surface area contributed by atoms with Gasteiger partial charge in [-0.1, -0.05) is 12.5 Å². The summed E-state index contributed by atoms with van der Waals surface area (Å²) in [5, 5.41) is 0. The molecule has 0 spiro atoms. The Morgan fingerprint density at radius 2 is 2.25 bits per heavy atom. The van der Waals surface area contributed by atoms with E-state index in [1.807, 2.05) is 0 Å². The van der Waals surface area contributed by atoms with Gasteiger partial charge < -0.3 is 9.47 Å². The molecule has 0 radical (unpaired) electrons. The molecule has 2 amide bonds. The third-order valence-electron chi connectivity index (χ3n) is 4.10. The van der Waals surface area contributed by atoms with Crippen LogP contribution in [0.2, 0.25) is 0 Å². The van der Waals surface area contributed by atoms with Crippen LogP contribution in [-0.4, -0.2) is 43.1 Å². The Labute approximate surface area is 117 Å². The molecule has 1 aliphatic carbocycles. The highest BCUT2D eigenvalue weighted by Gasteiger charge is 2.45. The predicted molar refractivity (Wildman–Crippen MR) is 69.6 cm³/mol. The van der Waals surface area contributed by atoms with E-state index in [1.54, 1.807) is 6.08 Å². The lowest BCUT2D eigenvalue weighted by atomic mass is 9.83. The summed E-state index contributed by atoms with van der Waals surface area (Å²) >= 11 is 0. The average Bonchev–Trinajstić information content (AvgIpc) is 3.07. The van der Waals surface area contributed by atoms with Gasteiger partial charge in [-0.3, -0.25) is 9.59 Å². The van der Waals surface area contributed by atoms with E-state index in [0.717, 1.165) is 24.2 Å². The van der Waals surface area contributed by atoms with E-state index in [9.17, 15) is 14.4 Å². The molecule has 1 saturated heterocycles. The molecule has 6 nitrogen and oxygen atoms in total. The number of hydrogen-bond acceptors (Lipinski definition) is 5. The van der Waals surface area contributed by atoms with Gasteiger partial charge in [0.2, 0.25) is 5.91 Å². The van der Waals surface area contributed by atoms with Crippen LogP contribution >= 0.6 is 0 Å². The quantitative estimate of drug-likeness (QED) is 0.442. The van der Waals surface area contributed by atoms with Gasteiger partial charge in [0.25, 0.3) is 0 Å². The zero-order chi connectivity index (χ0) is 14.7. The molecule has 0 aromatic rings. The van der Waals surface area contributed by atoms with E-state index in [4.69, 9.17) is 9.47 Å². The molecule has 20 heavy (non-hydrogen) atoms. The van der Waals surface area contributed by atoms with Gasteiger partial charge in [-0.25, -0.2) is 9.69 Å². The molecule has 110 valence electrons. The summed E-state index contributed by atoms with van der Waals surface area (Å²) in [5.41, 5.74) is 0. The first-order valence-electron chi connectivity index (χ1n) is 6.78. The van der Waals surface area contributed by atoms with Gasteiger partial charge in [0.1, 0.15) is 12.5 Å². The van der Waals surface area contributed by atoms with Gasteiger partial charge in [0.05, 0.1) is 13.7 Å². The Morgan fingerprint density at radius 1 is 1.50 bits per heavy atom. The maximum absolute atomic E-state index is 12.5. The number of nitrogens with zero attached hydrogens (tertiary/aromatic N) is 1. The molecule has 1 aliphatic heterocycles. The van der Waals surface area contributed by atoms with E-state index in [0.29, 0.717) is 0 Å². The molecule has 0 N–H and O–H groups in total. The van der Waals surface area contributed by atoms with Crippen LogP contribution in [0.5, 0.6) is 0 Å². The minimum absolute atomic E-state index is 0.0988. The fraction of sp³-hybridized carbons (Fsp3) is 0.643. The molecule has 1 unspecified atom stereocenters. The lowest BCUT2D eigenvalue weighted by Gasteiger charge is -2.26. The van der Waals surface area contributed by atoms with E-state index >= 15 is 0 Å². The number of carbonyl (C=O) groups excluding carboxylic acids is 3. The summed E-state index contributed by atoms with van der Waals surface area (Å²) < 4.78 is 9.52. The number of methoxy groups -OCH3 is 1. The summed E-state index contributed by atoms with van der Waals surface area (Å²) in [7, 11) is 1.25. The summed E-state index contributed by atoms with van der Waals surface area (Å²) in [5.74, 6) is -2.11. The van der Waals surface area contributed by atoms with Crippen molar-refractivity contribution in [2.24, 2.45) is 17.8 Å². The van der Waals surface area contributed by atoms with Gasteiger partial charge in [-0.15, -0.1) is 6.58 Å². The number of ether oxygens (including phenoxy) is 2. The first-order valence-corrected chi connectivity index (χ1v) is 6.78. The molecular formula is C14H19NO5. The number of imide groups is 1. The Kier molecular flexibility index (Phi) is 4.42. The van der Waals surface area contributed by atoms with Gasteiger partial charge in [-0.05, 0) is 24.7 Å². The van der Waals surface area contributed by atoms with Crippen molar-refractivity contribution in [1.82, 2.24) is 4.90 Å². The molecule has 1 saturated carbocycles. The minimum Gasteiger partial charge on any atom is -0.468 e. The lowest BCUT2D eigenvalue weighted by Crippen LogP contribution is -2.44. The number of rotatable bonds is 4. The fourth-order valence-electron chi connectivity index (χ4n) is 3.07. The third kappa shape index (κ3) is 2.55. The monoisotopic (exact) mass is 281 g/mol. The molecule has 0 bridgehead atoms. The number of cyclic esters (lactones) is 1. The first kappa shape index (κ1) is 14.6. The highest BCUT2D eigenvalue weighted by atomic mass is 16.6. The topological polar surface area (TPSA) is 72.9 Å². The highest BCUT2D eigenvalue weighted by molar-refractivity contribution is 6.04. The van der Waals surface area contributed by atoms with E-state index in [2.05, 4.69) is 6.58 Å². The van der Waals surface area contributed by atoms with Gasteiger partial charge in [0.15, 0.2) is 0 Å². The minimum atomic E-state index is -0.948. The van der Waals surface area contributed by atoms with Crippen molar-refractivity contribution in [3.63, 3.8) is 0 Å². The zero-order valence-corrected chi connectivity index (χ0v) is 11.5. The van der Waals surface area contributed by atoms with Crippen LogP contribution in [0.1, 0.15) is 19.3 Å². The second kappa shape index (κ2) is 6.07. The second-order valence-corrected chi connectivity index (χ2v) is 5.10. The Balaban J connectivity index is 2.23. The number of amides is 2. The van der Waals surface area contributed by atoms with Gasteiger partial charge in [0, 0.05) is 0 Å². The Hall–Kier alpha value is -1.85. The lowest BCUT2D eigenvalue weighted by molar-refractivity contribution is -0.155. The highest BCUT2D eigenvalue weighted by Crippen LogP contribution is 2.39. The van der Waals surface area contributed by atoms with Crippen molar-refractivity contribution < 1.29 is 23.9 Å². The predicted octanol–water partition coefficient (Wildman–Crippen LogP) is 1.36. The molecule has 1 heterocycles. The van der Waals surface area contributed by atoms with Crippen LogP contribution in [0.15, 0.2) is 12.7 Å². The number of hydrogen-bond donors (Lipinski definition) is 0. The van der Waals surface area contributed by atoms with Crippen molar-refractivity contribution >= 4 is 18.0 Å². The van der Waals surface area contributed by atoms with Crippen LogP contribution < -0.4 is 0 Å². The first-order chi connectivity index (χ1) is 9.60. The summed E-state index contributed by atoms with van der Waals surface area (Å²) in [6.07, 6.45) is 3.69. The van der Waals surface area contributed by atoms with Crippen LogP contribution in [-0.2, 0) is 19.1 Å². The number of carbonyl (C=O) groups is 3. The number of allylic oxidation sites excluding steroid dienone is 1. The zero-order valence-electron chi connectivity index (χ0n) is 11.5. The van der Waals surface area contributed by atoms with Gasteiger partial charge in [-0.2, -0.15) is 0 Å². The number of esters is 1. The second-order valence-electron chi connectivity index (χ2n) is 5.10. The van der Waals surface area contributed by atoms with Crippen molar-refractivity contribution in [3.05, 3.63) is 12.7 Å². The molecule has 0 aromatic carbocycles. The fourth-order valence-corrected chi connectivity index (χ4v) is 3.07. The molecule has 2 aliphatic rings. The maximum atomic E-state index is 12.5. The summed E-state index contributed by atoms with van der Waals surface area (Å²) in [4.78, 5) is 37.0. The summed E-state index contributed by atoms with van der Waals surface area (Å²) in [6, 6.07) is 0. The molecular weight excluding hydrogens is 262 g/mol. The van der Waals surface area contributed by atoms with E-state index < -0.39 is 23.9 Å². The third-order valence-corrected chi connectivity index (χ3v) is 4.10. The van der Waals surface area contributed by atoms with Crippen molar-refractivity contribution in [2.45, 2.75) is 19.3 Å². The average molecular weight is 281 g/mol.